The molecule has 1 atom stereocenters. The molecule has 4 nitrogen and oxygen atoms in total. The Morgan fingerprint density at radius 3 is 2.85 bits per heavy atom. The maximum atomic E-state index is 13.1. The maximum absolute atomic E-state index is 13.1. The molecule has 3 aromatic rings. The fourth-order valence-corrected chi connectivity index (χ4v) is 3.55. The number of ether oxygens (including phenoxy) is 1. The summed E-state index contributed by atoms with van der Waals surface area (Å²) in [5, 5.41) is 1.98. The first-order chi connectivity index (χ1) is 12.7. The SMILES string of the molecule is Nc1nccc2cc(O[C@H]3CCCN(Cc4ccc(F)cc4)C3)ccc12. The standard InChI is InChI=1S/C21H22FN3O/c22-17-5-3-15(4-6-17)13-25-11-1-2-19(14-25)26-18-7-8-20-16(12-18)9-10-24-21(20)23/h3-10,12,19H,1-2,11,13-14H2,(H2,23,24)/t19-/m0/s1. The second kappa shape index (κ2) is 7.30. The number of nitrogens with zero attached hydrogens (tertiary/aromatic N) is 2. The van der Waals surface area contributed by atoms with Crippen molar-refractivity contribution < 1.29 is 9.13 Å². The highest BCUT2D eigenvalue weighted by molar-refractivity contribution is 5.91. The van der Waals surface area contributed by atoms with Crippen molar-refractivity contribution in [2.75, 3.05) is 18.8 Å². The summed E-state index contributed by atoms with van der Waals surface area (Å²) in [6, 6.07) is 14.6. The molecule has 0 aliphatic carbocycles. The summed E-state index contributed by atoms with van der Waals surface area (Å²) >= 11 is 0. The van der Waals surface area contributed by atoms with Crippen molar-refractivity contribution in [1.29, 1.82) is 0 Å². The van der Waals surface area contributed by atoms with Gasteiger partial charge in [0.15, 0.2) is 0 Å². The molecule has 1 saturated heterocycles. The van der Waals surface area contributed by atoms with E-state index in [2.05, 4.69) is 9.88 Å². The minimum Gasteiger partial charge on any atom is -0.489 e. The Kier molecular flexibility index (Phi) is 4.71. The van der Waals surface area contributed by atoms with E-state index in [9.17, 15) is 4.39 Å². The van der Waals surface area contributed by atoms with Crippen LogP contribution in [0.1, 0.15) is 18.4 Å². The largest absolute Gasteiger partial charge is 0.489 e. The minimum absolute atomic E-state index is 0.154. The molecule has 0 saturated carbocycles. The van der Waals surface area contributed by atoms with Gasteiger partial charge in [0.25, 0.3) is 0 Å². The number of aromatic nitrogens is 1. The number of nitrogen functional groups attached to an aromatic ring is 1. The highest BCUT2D eigenvalue weighted by Crippen LogP contribution is 2.26. The summed E-state index contributed by atoms with van der Waals surface area (Å²) in [4.78, 5) is 6.48. The number of piperidine rings is 1. The highest BCUT2D eigenvalue weighted by atomic mass is 19.1. The van der Waals surface area contributed by atoms with E-state index in [-0.39, 0.29) is 11.9 Å². The zero-order valence-corrected chi connectivity index (χ0v) is 14.6. The van der Waals surface area contributed by atoms with Crippen LogP contribution in [0.15, 0.2) is 54.7 Å². The average Bonchev–Trinajstić information content (AvgIpc) is 2.64. The Bertz CT molecular complexity index is 897. The van der Waals surface area contributed by atoms with Gasteiger partial charge in [-0.15, -0.1) is 0 Å². The molecule has 26 heavy (non-hydrogen) atoms. The van der Waals surface area contributed by atoms with Gasteiger partial charge in [-0.25, -0.2) is 9.37 Å². The maximum Gasteiger partial charge on any atom is 0.131 e. The Labute approximate surface area is 152 Å². The first-order valence-electron chi connectivity index (χ1n) is 8.95. The van der Waals surface area contributed by atoms with Gasteiger partial charge in [0.1, 0.15) is 23.5 Å². The van der Waals surface area contributed by atoms with Crippen LogP contribution in [0.3, 0.4) is 0 Å². The minimum atomic E-state index is -0.194. The van der Waals surface area contributed by atoms with Crippen molar-refractivity contribution in [3.8, 4) is 5.75 Å². The number of benzene rings is 2. The number of nitrogens with two attached hydrogens (primary N) is 1. The predicted molar refractivity (Wildman–Crippen MR) is 101 cm³/mol. The number of hydrogen-bond donors (Lipinski definition) is 1. The molecule has 0 bridgehead atoms. The number of anilines is 1. The van der Waals surface area contributed by atoms with Gasteiger partial charge >= 0.3 is 0 Å². The Hall–Kier alpha value is -2.66. The third-order valence-electron chi connectivity index (χ3n) is 4.85. The number of likely N-dealkylation sites (tertiary alicyclic amines) is 1. The fraction of sp³-hybridized carbons (Fsp3) is 0.286. The van der Waals surface area contributed by atoms with E-state index in [4.69, 9.17) is 10.5 Å². The van der Waals surface area contributed by atoms with Crippen LogP contribution in [0.25, 0.3) is 10.8 Å². The van der Waals surface area contributed by atoms with Crippen molar-refractivity contribution in [2.24, 2.45) is 0 Å². The number of rotatable bonds is 4. The quantitative estimate of drug-likeness (QED) is 0.772. The summed E-state index contributed by atoms with van der Waals surface area (Å²) < 4.78 is 19.3. The average molecular weight is 351 g/mol. The monoisotopic (exact) mass is 351 g/mol. The predicted octanol–water partition coefficient (Wildman–Crippen LogP) is 4.00. The Morgan fingerprint density at radius 2 is 2.00 bits per heavy atom. The molecule has 4 rings (SSSR count). The lowest BCUT2D eigenvalue weighted by Crippen LogP contribution is -2.40. The van der Waals surface area contributed by atoms with Crippen LogP contribution in [-0.2, 0) is 6.54 Å². The highest BCUT2D eigenvalue weighted by Gasteiger charge is 2.21. The van der Waals surface area contributed by atoms with E-state index in [1.165, 1.54) is 12.1 Å². The van der Waals surface area contributed by atoms with Crippen LogP contribution in [0.2, 0.25) is 0 Å². The van der Waals surface area contributed by atoms with Crippen LogP contribution in [0.4, 0.5) is 10.2 Å². The zero-order valence-electron chi connectivity index (χ0n) is 14.6. The molecular weight excluding hydrogens is 329 g/mol. The van der Waals surface area contributed by atoms with Crippen LogP contribution < -0.4 is 10.5 Å². The van der Waals surface area contributed by atoms with Gasteiger partial charge in [-0.2, -0.15) is 0 Å². The number of hydrogen-bond acceptors (Lipinski definition) is 4. The number of pyridine rings is 1. The molecule has 1 aliphatic rings. The molecule has 1 aromatic heterocycles. The van der Waals surface area contributed by atoms with E-state index in [0.717, 1.165) is 54.6 Å². The van der Waals surface area contributed by atoms with E-state index < -0.39 is 0 Å². The molecule has 134 valence electrons. The fourth-order valence-electron chi connectivity index (χ4n) is 3.55. The molecule has 2 heterocycles. The number of fused-ring (bicyclic) bond motifs is 1. The summed E-state index contributed by atoms with van der Waals surface area (Å²) in [6.45, 7) is 2.73. The molecule has 0 spiro atoms. The normalized spacial score (nSPS) is 18.1. The second-order valence-corrected chi connectivity index (χ2v) is 6.82. The van der Waals surface area contributed by atoms with Gasteiger partial charge < -0.3 is 10.5 Å². The van der Waals surface area contributed by atoms with Gasteiger partial charge in [0.2, 0.25) is 0 Å². The zero-order chi connectivity index (χ0) is 17.9. The van der Waals surface area contributed by atoms with Crippen LogP contribution >= 0.6 is 0 Å². The molecular formula is C21H22FN3O. The lowest BCUT2D eigenvalue weighted by molar-refractivity contribution is 0.0844. The van der Waals surface area contributed by atoms with Gasteiger partial charge in [-0.3, -0.25) is 4.90 Å². The smallest absolute Gasteiger partial charge is 0.131 e. The third kappa shape index (κ3) is 3.78. The lowest BCUT2D eigenvalue weighted by atomic mass is 10.1. The Balaban J connectivity index is 1.42. The van der Waals surface area contributed by atoms with Gasteiger partial charge in [-0.05, 0) is 66.7 Å². The van der Waals surface area contributed by atoms with Gasteiger partial charge in [-0.1, -0.05) is 12.1 Å². The van der Waals surface area contributed by atoms with Crippen molar-refractivity contribution in [3.05, 3.63) is 66.1 Å². The summed E-state index contributed by atoms with van der Waals surface area (Å²) in [5.41, 5.74) is 7.03. The third-order valence-corrected chi connectivity index (χ3v) is 4.85. The van der Waals surface area contributed by atoms with E-state index in [1.54, 1.807) is 6.20 Å². The summed E-state index contributed by atoms with van der Waals surface area (Å²) in [6.07, 6.45) is 4.00. The molecule has 1 fully saturated rings. The molecule has 0 unspecified atom stereocenters. The first-order valence-corrected chi connectivity index (χ1v) is 8.95. The summed E-state index contributed by atoms with van der Waals surface area (Å²) in [7, 11) is 0. The van der Waals surface area contributed by atoms with Crippen LogP contribution in [0.5, 0.6) is 5.75 Å². The van der Waals surface area contributed by atoms with E-state index >= 15 is 0 Å². The lowest BCUT2D eigenvalue weighted by Gasteiger charge is -2.33. The van der Waals surface area contributed by atoms with Crippen LogP contribution in [-0.4, -0.2) is 29.1 Å². The molecule has 2 aromatic carbocycles. The molecule has 5 heteroatoms. The van der Waals surface area contributed by atoms with Crippen LogP contribution in [0, 0.1) is 5.82 Å². The van der Waals surface area contributed by atoms with Crippen molar-refractivity contribution in [3.63, 3.8) is 0 Å². The second-order valence-electron chi connectivity index (χ2n) is 6.82. The molecule has 0 amide bonds. The molecule has 1 aliphatic heterocycles. The van der Waals surface area contributed by atoms with Gasteiger partial charge in [0.05, 0.1) is 0 Å². The molecule has 2 N–H and O–H groups in total. The summed E-state index contributed by atoms with van der Waals surface area (Å²) in [5.74, 6) is 1.20. The topological polar surface area (TPSA) is 51.4 Å². The number of halogens is 1. The van der Waals surface area contributed by atoms with Crippen molar-refractivity contribution in [1.82, 2.24) is 9.88 Å². The van der Waals surface area contributed by atoms with Gasteiger partial charge in [0, 0.05) is 24.7 Å². The van der Waals surface area contributed by atoms with E-state index in [1.807, 2.05) is 36.4 Å². The van der Waals surface area contributed by atoms with Crippen molar-refractivity contribution in [2.45, 2.75) is 25.5 Å². The first kappa shape index (κ1) is 16.8. The molecule has 0 radical (unpaired) electrons. The van der Waals surface area contributed by atoms with E-state index in [0.29, 0.717) is 5.82 Å². The van der Waals surface area contributed by atoms with Crippen molar-refractivity contribution >= 4 is 16.6 Å². The Morgan fingerprint density at radius 1 is 1.15 bits per heavy atom.